The van der Waals surface area contributed by atoms with Gasteiger partial charge in [0.15, 0.2) is 11.5 Å². The number of fused-ring (bicyclic) bond motifs is 1. The van der Waals surface area contributed by atoms with Gasteiger partial charge in [-0.1, -0.05) is 6.07 Å². The van der Waals surface area contributed by atoms with Crippen molar-refractivity contribution in [3.8, 4) is 16.6 Å². The SMILES string of the molecule is Cc1cc(N2CC(C(=O)NCC3CCCCO3)C2)nc2c1c(=O)c(C(=O)O)cn2-c1nc(-c2ccccn2)ns1. The Morgan fingerprint density at radius 2 is 2.08 bits per heavy atom. The Morgan fingerprint density at radius 3 is 2.80 bits per heavy atom. The van der Waals surface area contributed by atoms with E-state index in [1.54, 1.807) is 31.3 Å². The highest BCUT2D eigenvalue weighted by atomic mass is 32.1. The van der Waals surface area contributed by atoms with Crippen LogP contribution in [0.15, 0.2) is 41.5 Å². The van der Waals surface area contributed by atoms with Crippen LogP contribution in [0.2, 0.25) is 0 Å². The van der Waals surface area contributed by atoms with E-state index in [9.17, 15) is 19.5 Å². The molecule has 1 unspecified atom stereocenters. The van der Waals surface area contributed by atoms with Gasteiger partial charge in [-0.05, 0) is 49.9 Å². The zero-order valence-electron chi connectivity index (χ0n) is 21.7. The van der Waals surface area contributed by atoms with E-state index in [2.05, 4.69) is 19.7 Å². The first-order valence-electron chi connectivity index (χ1n) is 13.1. The number of anilines is 1. The number of ether oxygens (including phenoxy) is 1. The molecule has 2 fully saturated rings. The van der Waals surface area contributed by atoms with Crippen molar-refractivity contribution in [1.29, 1.82) is 0 Å². The van der Waals surface area contributed by atoms with Crippen LogP contribution in [0.5, 0.6) is 0 Å². The summed E-state index contributed by atoms with van der Waals surface area (Å²) in [6.07, 6.45) is 6.09. The van der Waals surface area contributed by atoms with E-state index in [4.69, 9.17) is 9.72 Å². The third-order valence-corrected chi connectivity index (χ3v) is 7.96. The quantitative estimate of drug-likeness (QED) is 0.344. The molecule has 4 aromatic rings. The van der Waals surface area contributed by atoms with E-state index < -0.39 is 11.4 Å². The van der Waals surface area contributed by atoms with Crippen molar-refractivity contribution in [2.24, 2.45) is 5.92 Å². The van der Waals surface area contributed by atoms with Gasteiger partial charge < -0.3 is 20.1 Å². The number of pyridine rings is 3. The van der Waals surface area contributed by atoms with Crippen LogP contribution in [0.1, 0.15) is 35.2 Å². The van der Waals surface area contributed by atoms with Crippen LogP contribution >= 0.6 is 11.5 Å². The van der Waals surface area contributed by atoms with Gasteiger partial charge >= 0.3 is 5.97 Å². The van der Waals surface area contributed by atoms with Crippen LogP contribution in [-0.2, 0) is 9.53 Å². The van der Waals surface area contributed by atoms with Crippen molar-refractivity contribution >= 4 is 40.3 Å². The highest BCUT2D eigenvalue weighted by Crippen LogP contribution is 2.29. The lowest BCUT2D eigenvalue weighted by Gasteiger charge is -2.39. The Morgan fingerprint density at radius 1 is 1.23 bits per heavy atom. The number of amides is 1. The molecule has 0 saturated carbocycles. The molecule has 1 amide bonds. The molecule has 6 heterocycles. The minimum atomic E-state index is -1.34. The summed E-state index contributed by atoms with van der Waals surface area (Å²) in [5.74, 6) is -0.555. The zero-order valence-corrected chi connectivity index (χ0v) is 22.6. The van der Waals surface area contributed by atoms with E-state index >= 15 is 0 Å². The van der Waals surface area contributed by atoms with Crippen LogP contribution in [0, 0.1) is 12.8 Å². The topological polar surface area (TPSA) is 152 Å². The number of aryl methyl sites for hydroxylation is 1. The summed E-state index contributed by atoms with van der Waals surface area (Å²) in [5, 5.41) is 13.3. The molecule has 2 N–H and O–H groups in total. The molecule has 40 heavy (non-hydrogen) atoms. The van der Waals surface area contributed by atoms with Crippen LogP contribution < -0.4 is 15.6 Å². The molecule has 0 spiro atoms. The smallest absolute Gasteiger partial charge is 0.341 e. The number of rotatable bonds is 7. The second-order valence-electron chi connectivity index (χ2n) is 9.99. The first-order valence-corrected chi connectivity index (χ1v) is 13.9. The summed E-state index contributed by atoms with van der Waals surface area (Å²) in [6.45, 7) is 3.97. The van der Waals surface area contributed by atoms with Gasteiger partial charge in [0, 0.05) is 50.2 Å². The zero-order chi connectivity index (χ0) is 27.8. The molecule has 2 saturated heterocycles. The molecule has 13 heteroatoms. The second-order valence-corrected chi connectivity index (χ2v) is 10.7. The minimum Gasteiger partial charge on any atom is -0.477 e. The summed E-state index contributed by atoms with van der Waals surface area (Å²) < 4.78 is 11.6. The van der Waals surface area contributed by atoms with Gasteiger partial charge in [0.05, 0.1) is 17.4 Å². The molecule has 2 aliphatic rings. The standard InChI is InChI=1S/C27H27N7O5S/c1-15-10-20(33-12-16(13-33)25(36)29-11-17-6-3-5-9-39-17)30-24-21(15)22(35)18(26(37)38)14-34(24)27-31-23(32-40-27)19-7-2-4-8-28-19/h2,4,7-8,10,14,16-17H,3,5-6,9,11-13H2,1H3,(H,29,36)(H,37,38). The van der Waals surface area contributed by atoms with Crippen LogP contribution in [0.4, 0.5) is 5.82 Å². The number of carboxylic acids is 1. The molecule has 206 valence electrons. The lowest BCUT2D eigenvalue weighted by molar-refractivity contribution is -0.126. The summed E-state index contributed by atoms with van der Waals surface area (Å²) in [6, 6.07) is 7.14. The number of hydrogen-bond acceptors (Lipinski definition) is 10. The Bertz CT molecular complexity index is 1640. The number of aromatic nitrogens is 5. The van der Waals surface area contributed by atoms with Crippen molar-refractivity contribution in [2.75, 3.05) is 31.1 Å². The third-order valence-electron chi connectivity index (χ3n) is 7.24. The number of carbonyl (C=O) groups is 2. The van der Waals surface area contributed by atoms with Crippen molar-refractivity contribution in [2.45, 2.75) is 32.3 Å². The summed E-state index contributed by atoms with van der Waals surface area (Å²) in [4.78, 5) is 53.4. The maximum atomic E-state index is 13.2. The molecule has 12 nitrogen and oxygen atoms in total. The Balaban J connectivity index is 1.29. The molecule has 2 aliphatic heterocycles. The Hall–Kier alpha value is -4.23. The van der Waals surface area contributed by atoms with E-state index in [1.165, 1.54) is 10.8 Å². The van der Waals surface area contributed by atoms with Crippen LogP contribution in [-0.4, -0.2) is 73.2 Å². The van der Waals surface area contributed by atoms with Gasteiger partial charge in [-0.15, -0.1) is 0 Å². The fourth-order valence-corrected chi connectivity index (χ4v) is 5.67. The maximum absolute atomic E-state index is 13.2. The first kappa shape index (κ1) is 26.0. The third kappa shape index (κ3) is 4.93. The number of carbonyl (C=O) groups excluding carboxylic acids is 1. The molecule has 0 bridgehead atoms. The maximum Gasteiger partial charge on any atom is 0.341 e. The largest absolute Gasteiger partial charge is 0.477 e. The van der Waals surface area contributed by atoms with E-state index in [0.29, 0.717) is 47.7 Å². The molecular formula is C27H27N7O5S. The average molecular weight is 562 g/mol. The number of hydrogen-bond donors (Lipinski definition) is 2. The average Bonchev–Trinajstić information content (AvgIpc) is 3.42. The van der Waals surface area contributed by atoms with Gasteiger partial charge in [0.2, 0.25) is 16.5 Å². The van der Waals surface area contributed by atoms with Gasteiger partial charge in [-0.2, -0.15) is 9.36 Å². The fourth-order valence-electron chi connectivity index (χ4n) is 5.01. The molecule has 4 aromatic heterocycles. The molecule has 6 rings (SSSR count). The number of aromatic carboxylic acids is 1. The van der Waals surface area contributed by atoms with Gasteiger partial charge in [-0.25, -0.2) is 9.78 Å². The lowest BCUT2D eigenvalue weighted by atomic mass is 9.98. The Kier molecular flexibility index (Phi) is 6.98. The molecule has 0 aliphatic carbocycles. The predicted octanol–water partition coefficient (Wildman–Crippen LogP) is 2.43. The van der Waals surface area contributed by atoms with Crippen LogP contribution in [0.25, 0.3) is 27.7 Å². The minimum absolute atomic E-state index is 0.0122. The van der Waals surface area contributed by atoms with Crippen molar-refractivity contribution in [1.82, 2.24) is 29.2 Å². The van der Waals surface area contributed by atoms with E-state index in [-0.39, 0.29) is 34.5 Å². The fraction of sp³-hybridized carbons (Fsp3) is 0.370. The number of carboxylic acid groups (broad SMARTS) is 1. The predicted molar refractivity (Wildman–Crippen MR) is 148 cm³/mol. The lowest BCUT2D eigenvalue weighted by Crippen LogP contribution is -2.55. The normalized spacial score (nSPS) is 17.5. The van der Waals surface area contributed by atoms with Crippen molar-refractivity contribution < 1.29 is 19.4 Å². The summed E-state index contributed by atoms with van der Waals surface area (Å²) >= 11 is 1.05. The van der Waals surface area contributed by atoms with Gasteiger partial charge in [-0.3, -0.25) is 19.1 Å². The molecular weight excluding hydrogens is 534 g/mol. The summed E-state index contributed by atoms with van der Waals surface area (Å²) in [7, 11) is 0. The van der Waals surface area contributed by atoms with E-state index in [0.717, 1.165) is 37.4 Å². The van der Waals surface area contributed by atoms with Crippen molar-refractivity contribution in [3.63, 3.8) is 0 Å². The van der Waals surface area contributed by atoms with Crippen molar-refractivity contribution in [3.05, 3.63) is 58.0 Å². The van der Waals surface area contributed by atoms with E-state index in [1.807, 2.05) is 11.0 Å². The summed E-state index contributed by atoms with van der Waals surface area (Å²) in [5.41, 5.74) is 0.422. The monoisotopic (exact) mass is 561 g/mol. The number of nitrogens with one attached hydrogen (secondary N) is 1. The highest BCUT2D eigenvalue weighted by Gasteiger charge is 2.34. The van der Waals surface area contributed by atoms with Gasteiger partial charge in [0.1, 0.15) is 17.1 Å². The Labute approximate surface area is 232 Å². The first-order chi connectivity index (χ1) is 19.4. The van der Waals surface area contributed by atoms with Gasteiger partial charge in [0.25, 0.3) is 0 Å². The molecule has 0 aromatic carbocycles. The molecule has 1 atom stereocenters. The van der Waals surface area contributed by atoms with Crippen LogP contribution in [0.3, 0.4) is 0 Å². The second kappa shape index (κ2) is 10.7. The molecule has 0 radical (unpaired) electrons. The highest BCUT2D eigenvalue weighted by molar-refractivity contribution is 7.08. The number of nitrogens with zero attached hydrogens (tertiary/aromatic N) is 6.